The molecular weight excluding hydrogens is 270 g/mol. The minimum atomic E-state index is -0.130. The SMILES string of the molecule is COc1ccc(-c2cc(=O)c3cccnc3o2)cc1OC. The largest absolute Gasteiger partial charge is 0.493 e. The van der Waals surface area contributed by atoms with Gasteiger partial charge in [0.05, 0.1) is 19.6 Å². The molecule has 106 valence electrons. The van der Waals surface area contributed by atoms with Gasteiger partial charge < -0.3 is 13.9 Å². The molecule has 5 heteroatoms. The molecule has 0 aliphatic carbocycles. The van der Waals surface area contributed by atoms with E-state index in [0.29, 0.717) is 28.4 Å². The maximum Gasteiger partial charge on any atom is 0.230 e. The molecule has 0 unspecified atom stereocenters. The van der Waals surface area contributed by atoms with Gasteiger partial charge in [-0.1, -0.05) is 0 Å². The minimum absolute atomic E-state index is 0.130. The average molecular weight is 283 g/mol. The number of ether oxygens (including phenoxy) is 2. The molecule has 0 saturated heterocycles. The molecule has 3 aromatic rings. The molecule has 0 aliphatic heterocycles. The van der Waals surface area contributed by atoms with Gasteiger partial charge in [-0.15, -0.1) is 0 Å². The number of fused-ring (bicyclic) bond motifs is 1. The summed E-state index contributed by atoms with van der Waals surface area (Å²) >= 11 is 0. The summed E-state index contributed by atoms with van der Waals surface area (Å²) < 4.78 is 16.1. The monoisotopic (exact) mass is 283 g/mol. The van der Waals surface area contributed by atoms with Crippen molar-refractivity contribution in [3.63, 3.8) is 0 Å². The number of methoxy groups -OCH3 is 2. The third kappa shape index (κ3) is 2.33. The van der Waals surface area contributed by atoms with Crippen molar-refractivity contribution in [2.45, 2.75) is 0 Å². The van der Waals surface area contributed by atoms with Crippen LogP contribution in [0.1, 0.15) is 0 Å². The lowest BCUT2D eigenvalue weighted by molar-refractivity contribution is 0.355. The summed E-state index contributed by atoms with van der Waals surface area (Å²) in [7, 11) is 3.12. The Morgan fingerprint density at radius 3 is 2.62 bits per heavy atom. The lowest BCUT2D eigenvalue weighted by Crippen LogP contribution is -2.01. The predicted molar refractivity (Wildman–Crippen MR) is 78.8 cm³/mol. The Hall–Kier alpha value is -2.82. The first kappa shape index (κ1) is 13.2. The number of rotatable bonds is 3. The molecule has 21 heavy (non-hydrogen) atoms. The Morgan fingerprint density at radius 2 is 1.86 bits per heavy atom. The average Bonchev–Trinajstić information content (AvgIpc) is 2.54. The zero-order chi connectivity index (χ0) is 14.8. The first-order valence-corrected chi connectivity index (χ1v) is 6.34. The van der Waals surface area contributed by atoms with Gasteiger partial charge in [-0.25, -0.2) is 4.98 Å². The molecular formula is C16H13NO4. The van der Waals surface area contributed by atoms with E-state index in [1.165, 1.54) is 6.07 Å². The smallest absolute Gasteiger partial charge is 0.230 e. The molecule has 0 fully saturated rings. The Balaban J connectivity index is 2.18. The van der Waals surface area contributed by atoms with E-state index in [-0.39, 0.29) is 5.43 Å². The molecule has 0 spiro atoms. The number of nitrogens with zero attached hydrogens (tertiary/aromatic N) is 1. The van der Waals surface area contributed by atoms with Crippen LogP contribution in [0.25, 0.3) is 22.4 Å². The lowest BCUT2D eigenvalue weighted by atomic mass is 10.1. The molecule has 0 radical (unpaired) electrons. The zero-order valence-corrected chi connectivity index (χ0v) is 11.6. The van der Waals surface area contributed by atoms with Gasteiger partial charge in [0.2, 0.25) is 5.71 Å². The maximum atomic E-state index is 12.1. The Kier molecular flexibility index (Phi) is 3.31. The van der Waals surface area contributed by atoms with E-state index in [4.69, 9.17) is 13.9 Å². The van der Waals surface area contributed by atoms with E-state index in [1.54, 1.807) is 50.7 Å². The molecule has 0 N–H and O–H groups in total. The van der Waals surface area contributed by atoms with Crippen LogP contribution < -0.4 is 14.9 Å². The van der Waals surface area contributed by atoms with Gasteiger partial charge in [-0.3, -0.25) is 4.79 Å². The van der Waals surface area contributed by atoms with E-state index in [9.17, 15) is 4.79 Å². The van der Waals surface area contributed by atoms with Gasteiger partial charge >= 0.3 is 0 Å². The summed E-state index contributed by atoms with van der Waals surface area (Å²) in [6, 6.07) is 10.2. The van der Waals surface area contributed by atoms with Gasteiger partial charge in [0.1, 0.15) is 5.76 Å². The van der Waals surface area contributed by atoms with Crippen molar-refractivity contribution in [2.75, 3.05) is 14.2 Å². The Bertz CT molecular complexity index is 854. The molecule has 0 amide bonds. The quantitative estimate of drug-likeness (QED) is 0.739. The second-order valence-corrected chi connectivity index (χ2v) is 4.40. The van der Waals surface area contributed by atoms with Crippen molar-refractivity contribution in [1.29, 1.82) is 0 Å². The fraction of sp³-hybridized carbons (Fsp3) is 0.125. The fourth-order valence-corrected chi connectivity index (χ4v) is 2.12. The first-order valence-electron chi connectivity index (χ1n) is 6.34. The molecule has 0 atom stereocenters. The summed E-state index contributed by atoms with van der Waals surface area (Å²) in [4.78, 5) is 16.2. The van der Waals surface area contributed by atoms with E-state index in [1.807, 2.05) is 0 Å². The minimum Gasteiger partial charge on any atom is -0.493 e. The van der Waals surface area contributed by atoms with Gasteiger partial charge in [0.15, 0.2) is 16.9 Å². The Morgan fingerprint density at radius 1 is 1.05 bits per heavy atom. The number of hydrogen-bond acceptors (Lipinski definition) is 5. The molecule has 0 saturated carbocycles. The van der Waals surface area contributed by atoms with Crippen molar-refractivity contribution in [3.05, 3.63) is 52.8 Å². The number of aromatic nitrogens is 1. The summed E-state index contributed by atoms with van der Waals surface area (Å²) in [5.41, 5.74) is 0.904. The molecule has 0 bridgehead atoms. The van der Waals surface area contributed by atoms with E-state index in [0.717, 1.165) is 5.56 Å². The van der Waals surface area contributed by atoms with E-state index >= 15 is 0 Å². The summed E-state index contributed by atoms with van der Waals surface area (Å²) in [6.45, 7) is 0. The third-order valence-electron chi connectivity index (χ3n) is 3.17. The third-order valence-corrected chi connectivity index (χ3v) is 3.17. The summed E-state index contributed by atoms with van der Waals surface area (Å²) in [5.74, 6) is 1.62. The van der Waals surface area contributed by atoms with E-state index < -0.39 is 0 Å². The Labute approximate surface area is 120 Å². The van der Waals surface area contributed by atoms with Crippen LogP contribution in [-0.4, -0.2) is 19.2 Å². The van der Waals surface area contributed by atoms with Crippen LogP contribution >= 0.6 is 0 Å². The molecule has 2 heterocycles. The highest BCUT2D eigenvalue weighted by Crippen LogP contribution is 2.32. The van der Waals surface area contributed by atoms with Crippen molar-refractivity contribution in [2.24, 2.45) is 0 Å². The van der Waals surface area contributed by atoms with Gasteiger partial charge in [0.25, 0.3) is 0 Å². The van der Waals surface area contributed by atoms with Crippen molar-refractivity contribution < 1.29 is 13.9 Å². The zero-order valence-electron chi connectivity index (χ0n) is 11.6. The molecule has 2 aromatic heterocycles. The second-order valence-electron chi connectivity index (χ2n) is 4.40. The van der Waals surface area contributed by atoms with Gasteiger partial charge in [-0.2, -0.15) is 0 Å². The van der Waals surface area contributed by atoms with Crippen molar-refractivity contribution >= 4 is 11.1 Å². The summed E-state index contributed by atoms with van der Waals surface area (Å²) in [5, 5.41) is 0.460. The van der Waals surface area contributed by atoms with Crippen LogP contribution in [0.15, 0.2) is 51.8 Å². The normalized spacial score (nSPS) is 10.6. The highest BCUT2D eigenvalue weighted by atomic mass is 16.5. The molecule has 0 aliphatic rings. The second kappa shape index (κ2) is 5.28. The molecule has 5 nitrogen and oxygen atoms in total. The standard InChI is InChI=1S/C16H13NO4/c1-19-13-6-5-10(8-15(13)20-2)14-9-12(18)11-4-3-7-17-16(11)21-14/h3-9H,1-2H3. The van der Waals surface area contributed by atoms with Crippen molar-refractivity contribution in [1.82, 2.24) is 4.98 Å². The van der Waals surface area contributed by atoms with Crippen molar-refractivity contribution in [3.8, 4) is 22.8 Å². The van der Waals surface area contributed by atoms with Gasteiger partial charge in [-0.05, 0) is 30.3 Å². The van der Waals surface area contributed by atoms with E-state index in [2.05, 4.69) is 4.98 Å². The first-order chi connectivity index (χ1) is 10.2. The van der Waals surface area contributed by atoms with Crippen LogP contribution in [0.5, 0.6) is 11.5 Å². The van der Waals surface area contributed by atoms with Crippen LogP contribution in [0.4, 0.5) is 0 Å². The number of pyridine rings is 1. The fourth-order valence-electron chi connectivity index (χ4n) is 2.12. The van der Waals surface area contributed by atoms with Crippen LogP contribution in [0, 0.1) is 0 Å². The highest BCUT2D eigenvalue weighted by Gasteiger charge is 2.10. The van der Waals surface area contributed by atoms with Gasteiger partial charge in [0, 0.05) is 17.8 Å². The number of hydrogen-bond donors (Lipinski definition) is 0. The highest BCUT2D eigenvalue weighted by molar-refractivity contribution is 5.75. The lowest BCUT2D eigenvalue weighted by Gasteiger charge is -2.09. The number of benzene rings is 1. The topological polar surface area (TPSA) is 61.6 Å². The van der Waals surface area contributed by atoms with Crippen LogP contribution in [0.2, 0.25) is 0 Å². The van der Waals surface area contributed by atoms with Crippen LogP contribution in [0.3, 0.4) is 0 Å². The summed E-state index contributed by atoms with van der Waals surface area (Å²) in [6.07, 6.45) is 1.59. The molecule has 3 rings (SSSR count). The predicted octanol–water partition coefficient (Wildman–Crippen LogP) is 2.87. The molecule has 1 aromatic carbocycles. The van der Waals surface area contributed by atoms with Crippen LogP contribution in [-0.2, 0) is 0 Å². The maximum absolute atomic E-state index is 12.1.